The van der Waals surface area contributed by atoms with Gasteiger partial charge in [-0.15, -0.1) is 0 Å². The van der Waals surface area contributed by atoms with Gasteiger partial charge >= 0.3 is 6.09 Å². The van der Waals surface area contributed by atoms with Crippen molar-refractivity contribution >= 4 is 29.3 Å². The van der Waals surface area contributed by atoms with Gasteiger partial charge in [-0.1, -0.05) is 23.2 Å². The van der Waals surface area contributed by atoms with E-state index in [1.54, 1.807) is 12.1 Å². The van der Waals surface area contributed by atoms with Gasteiger partial charge in [-0.05, 0) is 57.4 Å². The van der Waals surface area contributed by atoms with Crippen molar-refractivity contribution in [2.75, 3.05) is 13.1 Å². The van der Waals surface area contributed by atoms with Crippen LogP contribution in [-0.4, -0.2) is 35.7 Å². The molecule has 0 radical (unpaired) electrons. The molecular formula is C17H24Cl2N2O2. The van der Waals surface area contributed by atoms with E-state index in [0.717, 1.165) is 24.9 Å². The fourth-order valence-electron chi connectivity index (χ4n) is 2.66. The minimum Gasteiger partial charge on any atom is -0.444 e. The van der Waals surface area contributed by atoms with Crippen molar-refractivity contribution in [3.63, 3.8) is 0 Å². The zero-order valence-corrected chi connectivity index (χ0v) is 15.4. The van der Waals surface area contributed by atoms with Gasteiger partial charge in [0.05, 0.1) is 0 Å². The fraction of sp³-hybridized carbons (Fsp3) is 0.588. The molecule has 0 bridgehead atoms. The van der Waals surface area contributed by atoms with E-state index in [4.69, 9.17) is 27.9 Å². The summed E-state index contributed by atoms with van der Waals surface area (Å²) in [5.41, 5.74) is 0.493. The molecule has 4 nitrogen and oxygen atoms in total. The van der Waals surface area contributed by atoms with Gasteiger partial charge in [-0.2, -0.15) is 0 Å². The van der Waals surface area contributed by atoms with E-state index in [-0.39, 0.29) is 12.1 Å². The first-order valence-electron chi connectivity index (χ1n) is 7.90. The first-order valence-corrected chi connectivity index (χ1v) is 8.66. The molecule has 1 aliphatic rings. The van der Waals surface area contributed by atoms with Gasteiger partial charge in [0.15, 0.2) is 0 Å². The molecule has 1 aliphatic heterocycles. The molecule has 0 saturated carbocycles. The number of rotatable bonds is 4. The van der Waals surface area contributed by atoms with Gasteiger partial charge in [0.1, 0.15) is 5.60 Å². The molecule has 1 aromatic carbocycles. The van der Waals surface area contributed by atoms with Crippen LogP contribution in [0, 0.1) is 0 Å². The molecule has 1 amide bonds. The second kappa shape index (κ2) is 7.73. The lowest BCUT2D eigenvalue weighted by Crippen LogP contribution is -2.44. The van der Waals surface area contributed by atoms with Crippen molar-refractivity contribution in [2.24, 2.45) is 0 Å². The highest BCUT2D eigenvalue weighted by molar-refractivity contribution is 6.33. The number of carbonyl (C=O) groups excluding carboxylic acids is 1. The predicted octanol–water partition coefficient (Wildman–Crippen LogP) is 4.48. The molecule has 23 heavy (non-hydrogen) atoms. The van der Waals surface area contributed by atoms with Crippen LogP contribution in [0.3, 0.4) is 0 Å². The molecule has 1 heterocycles. The Balaban J connectivity index is 1.87. The van der Waals surface area contributed by atoms with Crippen LogP contribution in [0.15, 0.2) is 18.2 Å². The third kappa shape index (κ3) is 5.55. The van der Waals surface area contributed by atoms with Crippen LogP contribution in [0.2, 0.25) is 10.0 Å². The van der Waals surface area contributed by atoms with Gasteiger partial charge in [0.25, 0.3) is 0 Å². The Labute approximate surface area is 148 Å². The quantitative estimate of drug-likeness (QED) is 0.862. The Morgan fingerprint density at radius 2 is 2.13 bits per heavy atom. The number of likely N-dealkylation sites (tertiary alicyclic amines) is 1. The number of nitrogens with zero attached hydrogens (tertiary/aromatic N) is 1. The van der Waals surface area contributed by atoms with Crippen LogP contribution in [-0.2, 0) is 11.3 Å². The van der Waals surface area contributed by atoms with Gasteiger partial charge in [0, 0.05) is 35.7 Å². The number of halogens is 2. The molecule has 1 unspecified atom stereocenters. The van der Waals surface area contributed by atoms with Crippen molar-refractivity contribution < 1.29 is 9.53 Å². The van der Waals surface area contributed by atoms with Gasteiger partial charge < -0.3 is 15.0 Å². The van der Waals surface area contributed by atoms with E-state index in [2.05, 4.69) is 5.32 Å². The van der Waals surface area contributed by atoms with E-state index in [0.29, 0.717) is 23.1 Å². The summed E-state index contributed by atoms with van der Waals surface area (Å²) in [5.74, 6) is 0. The van der Waals surface area contributed by atoms with Crippen molar-refractivity contribution in [1.29, 1.82) is 0 Å². The lowest BCUT2D eigenvalue weighted by Gasteiger charge is -2.28. The molecule has 1 aromatic rings. The summed E-state index contributed by atoms with van der Waals surface area (Å²) in [5, 5.41) is 4.73. The minimum atomic E-state index is -0.466. The average molecular weight is 359 g/mol. The second-order valence-corrected chi connectivity index (χ2v) is 7.68. The van der Waals surface area contributed by atoms with Gasteiger partial charge in [-0.25, -0.2) is 4.79 Å². The summed E-state index contributed by atoms with van der Waals surface area (Å²) in [4.78, 5) is 14.1. The normalized spacial score (nSPS) is 18.3. The summed E-state index contributed by atoms with van der Waals surface area (Å²) < 4.78 is 5.47. The smallest absolute Gasteiger partial charge is 0.410 e. The van der Waals surface area contributed by atoms with Crippen molar-refractivity contribution in [2.45, 2.75) is 51.8 Å². The lowest BCUT2D eigenvalue weighted by molar-refractivity contribution is 0.0226. The largest absolute Gasteiger partial charge is 0.444 e. The maximum Gasteiger partial charge on any atom is 0.410 e. The first kappa shape index (κ1) is 18.4. The molecular weight excluding hydrogens is 335 g/mol. The molecule has 128 valence electrons. The molecule has 1 saturated heterocycles. The SMILES string of the molecule is CC(C)(C)OC(=O)N1CCCC1CNCc1cc(Cl)ccc1Cl. The topological polar surface area (TPSA) is 41.6 Å². The van der Waals surface area contributed by atoms with Crippen LogP contribution in [0.5, 0.6) is 0 Å². The Hall–Kier alpha value is -0.970. The molecule has 1 N–H and O–H groups in total. The van der Waals surface area contributed by atoms with Crippen LogP contribution in [0.25, 0.3) is 0 Å². The van der Waals surface area contributed by atoms with Crippen LogP contribution >= 0.6 is 23.2 Å². The van der Waals surface area contributed by atoms with Crippen LogP contribution in [0.1, 0.15) is 39.2 Å². The number of hydrogen-bond acceptors (Lipinski definition) is 3. The Morgan fingerprint density at radius 1 is 1.39 bits per heavy atom. The van der Waals surface area contributed by atoms with Crippen molar-refractivity contribution in [3.8, 4) is 0 Å². The highest BCUT2D eigenvalue weighted by Crippen LogP contribution is 2.22. The Kier molecular flexibility index (Phi) is 6.18. The average Bonchev–Trinajstić information content (AvgIpc) is 2.89. The molecule has 2 rings (SSSR count). The zero-order valence-electron chi connectivity index (χ0n) is 13.9. The van der Waals surface area contributed by atoms with Crippen LogP contribution in [0.4, 0.5) is 4.79 Å². The Morgan fingerprint density at radius 3 is 2.83 bits per heavy atom. The van der Waals surface area contributed by atoms with Gasteiger partial charge in [0.2, 0.25) is 0 Å². The van der Waals surface area contributed by atoms with Gasteiger partial charge in [-0.3, -0.25) is 0 Å². The van der Waals surface area contributed by atoms with E-state index >= 15 is 0 Å². The number of hydrogen-bond donors (Lipinski definition) is 1. The summed E-state index contributed by atoms with van der Waals surface area (Å²) in [6, 6.07) is 5.58. The highest BCUT2D eigenvalue weighted by Gasteiger charge is 2.31. The molecule has 0 spiro atoms. The van der Waals surface area contributed by atoms with E-state index in [9.17, 15) is 4.79 Å². The molecule has 6 heteroatoms. The number of benzene rings is 1. The van der Waals surface area contributed by atoms with E-state index in [1.807, 2.05) is 31.7 Å². The molecule has 0 aromatic heterocycles. The number of nitrogens with one attached hydrogen (secondary N) is 1. The number of amides is 1. The fourth-order valence-corrected chi connectivity index (χ4v) is 3.04. The van der Waals surface area contributed by atoms with Crippen LogP contribution < -0.4 is 5.32 Å². The van der Waals surface area contributed by atoms with E-state index in [1.165, 1.54) is 0 Å². The summed E-state index contributed by atoms with van der Waals surface area (Å²) >= 11 is 12.2. The highest BCUT2D eigenvalue weighted by atomic mass is 35.5. The second-order valence-electron chi connectivity index (χ2n) is 6.84. The standard InChI is InChI=1S/C17H24Cl2N2O2/c1-17(2,3)23-16(22)21-8-4-5-14(21)11-20-10-12-9-13(18)6-7-15(12)19/h6-7,9,14,20H,4-5,8,10-11H2,1-3H3. The van der Waals surface area contributed by atoms with Crippen molar-refractivity contribution in [1.82, 2.24) is 10.2 Å². The van der Waals surface area contributed by atoms with E-state index < -0.39 is 5.60 Å². The predicted molar refractivity (Wildman–Crippen MR) is 94.1 cm³/mol. The minimum absolute atomic E-state index is 0.155. The maximum absolute atomic E-state index is 12.2. The maximum atomic E-state index is 12.2. The lowest BCUT2D eigenvalue weighted by atomic mass is 10.2. The molecule has 1 fully saturated rings. The Bertz CT molecular complexity index is 558. The monoisotopic (exact) mass is 358 g/mol. The summed E-state index contributed by atoms with van der Waals surface area (Å²) in [6.07, 6.45) is 1.75. The number of carbonyl (C=O) groups is 1. The third-order valence-corrected chi connectivity index (χ3v) is 4.31. The third-order valence-electron chi connectivity index (χ3n) is 3.71. The van der Waals surface area contributed by atoms with Crippen molar-refractivity contribution in [3.05, 3.63) is 33.8 Å². The summed E-state index contributed by atoms with van der Waals surface area (Å²) in [6.45, 7) is 7.74. The molecule has 0 aliphatic carbocycles. The zero-order chi connectivity index (χ0) is 17.0. The molecule has 1 atom stereocenters. The number of ether oxygens (including phenoxy) is 1. The first-order chi connectivity index (χ1) is 10.8. The summed E-state index contributed by atoms with van der Waals surface area (Å²) in [7, 11) is 0.